The van der Waals surface area contributed by atoms with Crippen LogP contribution in [0.2, 0.25) is 5.02 Å². The van der Waals surface area contributed by atoms with Gasteiger partial charge < -0.3 is 9.84 Å². The van der Waals surface area contributed by atoms with E-state index in [0.29, 0.717) is 29.4 Å². The summed E-state index contributed by atoms with van der Waals surface area (Å²) in [4.78, 5) is 15.7. The van der Waals surface area contributed by atoms with Crippen LogP contribution in [0.4, 0.5) is 0 Å². The Morgan fingerprint density at radius 2 is 2.05 bits per heavy atom. The molecule has 1 unspecified atom stereocenters. The number of methoxy groups -OCH3 is 1. The molecular formula is C16H16ClNO3. The molecular weight excluding hydrogens is 290 g/mol. The molecule has 1 heterocycles. The summed E-state index contributed by atoms with van der Waals surface area (Å²) in [5.41, 5.74) is 1.60. The number of benzene rings is 1. The number of rotatable bonds is 6. The van der Waals surface area contributed by atoms with Gasteiger partial charge in [-0.1, -0.05) is 29.8 Å². The molecule has 1 N–H and O–H groups in total. The molecule has 5 heteroatoms. The molecule has 0 amide bonds. The fourth-order valence-corrected chi connectivity index (χ4v) is 2.35. The molecule has 1 aromatic heterocycles. The van der Waals surface area contributed by atoms with E-state index in [1.165, 1.54) is 7.11 Å². The molecule has 2 rings (SSSR count). The number of aromatic nitrogens is 1. The Kier molecular flexibility index (Phi) is 5.17. The SMILES string of the molecule is COc1cccc(CC(Cc2cccc(Cl)c2)C(=O)O)n1. The van der Waals surface area contributed by atoms with E-state index in [9.17, 15) is 9.90 Å². The first-order valence-corrected chi connectivity index (χ1v) is 6.93. The van der Waals surface area contributed by atoms with E-state index in [0.717, 1.165) is 5.56 Å². The lowest BCUT2D eigenvalue weighted by atomic mass is 9.94. The van der Waals surface area contributed by atoms with E-state index in [-0.39, 0.29) is 0 Å². The minimum absolute atomic E-state index is 0.346. The van der Waals surface area contributed by atoms with Crippen LogP contribution in [-0.4, -0.2) is 23.2 Å². The van der Waals surface area contributed by atoms with Crippen molar-refractivity contribution in [3.8, 4) is 5.88 Å². The summed E-state index contributed by atoms with van der Waals surface area (Å²) < 4.78 is 5.05. The van der Waals surface area contributed by atoms with Crippen LogP contribution in [0.15, 0.2) is 42.5 Å². The lowest BCUT2D eigenvalue weighted by Gasteiger charge is -2.12. The maximum Gasteiger partial charge on any atom is 0.307 e. The summed E-state index contributed by atoms with van der Waals surface area (Å²) in [5.74, 6) is -0.915. The van der Waals surface area contributed by atoms with Crippen LogP contribution in [0.25, 0.3) is 0 Å². The van der Waals surface area contributed by atoms with E-state index in [1.54, 1.807) is 30.3 Å². The predicted molar refractivity (Wildman–Crippen MR) is 80.8 cm³/mol. The van der Waals surface area contributed by atoms with Gasteiger partial charge in [-0.3, -0.25) is 4.79 Å². The van der Waals surface area contributed by atoms with Crippen LogP contribution in [0.1, 0.15) is 11.3 Å². The summed E-state index contributed by atoms with van der Waals surface area (Å²) in [5, 5.41) is 10.0. The Labute approximate surface area is 128 Å². The van der Waals surface area contributed by atoms with Crippen molar-refractivity contribution in [3.63, 3.8) is 0 Å². The fourth-order valence-electron chi connectivity index (χ4n) is 2.13. The lowest BCUT2D eigenvalue weighted by Crippen LogP contribution is -2.19. The van der Waals surface area contributed by atoms with Gasteiger partial charge in [-0.15, -0.1) is 0 Å². The zero-order chi connectivity index (χ0) is 15.2. The van der Waals surface area contributed by atoms with Crippen LogP contribution in [0.5, 0.6) is 5.88 Å². The number of hydrogen-bond acceptors (Lipinski definition) is 3. The van der Waals surface area contributed by atoms with Crippen LogP contribution >= 0.6 is 11.6 Å². The highest BCUT2D eigenvalue weighted by Crippen LogP contribution is 2.18. The molecule has 4 nitrogen and oxygen atoms in total. The predicted octanol–water partition coefficient (Wildman–Crippen LogP) is 3.23. The second-order valence-electron chi connectivity index (χ2n) is 4.74. The van der Waals surface area contributed by atoms with Crippen molar-refractivity contribution >= 4 is 17.6 Å². The maximum absolute atomic E-state index is 11.5. The Balaban J connectivity index is 2.13. The summed E-state index contributed by atoms with van der Waals surface area (Å²) in [6, 6.07) is 12.6. The first-order valence-electron chi connectivity index (χ1n) is 6.55. The van der Waals surface area contributed by atoms with Crippen LogP contribution < -0.4 is 4.74 Å². The molecule has 0 aliphatic heterocycles. The number of ether oxygens (including phenoxy) is 1. The molecule has 0 fully saturated rings. The Morgan fingerprint density at radius 1 is 1.29 bits per heavy atom. The Morgan fingerprint density at radius 3 is 2.71 bits per heavy atom. The molecule has 0 radical (unpaired) electrons. The number of hydrogen-bond donors (Lipinski definition) is 1. The Hall–Kier alpha value is -2.07. The molecule has 0 aliphatic carbocycles. The summed E-state index contributed by atoms with van der Waals surface area (Å²) in [7, 11) is 1.53. The van der Waals surface area contributed by atoms with Gasteiger partial charge in [0.15, 0.2) is 0 Å². The highest BCUT2D eigenvalue weighted by molar-refractivity contribution is 6.30. The van der Waals surface area contributed by atoms with Crippen molar-refractivity contribution in [1.82, 2.24) is 4.98 Å². The molecule has 21 heavy (non-hydrogen) atoms. The normalized spacial score (nSPS) is 11.9. The molecule has 0 aliphatic rings. The van der Waals surface area contributed by atoms with Crippen molar-refractivity contribution in [2.75, 3.05) is 7.11 Å². The average Bonchev–Trinajstić information content (AvgIpc) is 2.47. The van der Waals surface area contributed by atoms with Gasteiger partial charge in [-0.25, -0.2) is 4.98 Å². The van der Waals surface area contributed by atoms with Crippen molar-refractivity contribution in [3.05, 3.63) is 58.7 Å². The third kappa shape index (κ3) is 4.46. The third-order valence-electron chi connectivity index (χ3n) is 3.17. The van der Waals surface area contributed by atoms with E-state index in [1.807, 2.05) is 12.1 Å². The van der Waals surface area contributed by atoms with Gasteiger partial charge >= 0.3 is 5.97 Å². The molecule has 0 saturated heterocycles. The number of aliphatic carboxylic acids is 1. The summed E-state index contributed by atoms with van der Waals surface area (Å²) >= 11 is 5.93. The number of carboxylic acid groups (broad SMARTS) is 1. The quantitative estimate of drug-likeness (QED) is 0.890. The van der Waals surface area contributed by atoms with Crippen molar-refractivity contribution < 1.29 is 14.6 Å². The lowest BCUT2D eigenvalue weighted by molar-refractivity contribution is -0.141. The van der Waals surface area contributed by atoms with Gasteiger partial charge in [0.2, 0.25) is 5.88 Å². The number of carbonyl (C=O) groups is 1. The fraction of sp³-hybridized carbons (Fsp3) is 0.250. The van der Waals surface area contributed by atoms with Gasteiger partial charge in [-0.05, 0) is 30.2 Å². The average molecular weight is 306 g/mol. The van der Waals surface area contributed by atoms with Gasteiger partial charge in [0.25, 0.3) is 0 Å². The highest BCUT2D eigenvalue weighted by Gasteiger charge is 2.19. The van der Waals surface area contributed by atoms with E-state index >= 15 is 0 Å². The standard InChI is InChI=1S/C16H16ClNO3/c1-21-15-7-3-6-14(18-15)10-12(16(19)20)8-11-4-2-5-13(17)9-11/h2-7,9,12H,8,10H2,1H3,(H,19,20). The van der Waals surface area contributed by atoms with Crippen LogP contribution in [0, 0.1) is 5.92 Å². The zero-order valence-electron chi connectivity index (χ0n) is 11.6. The second-order valence-corrected chi connectivity index (χ2v) is 5.18. The first kappa shape index (κ1) is 15.3. The topological polar surface area (TPSA) is 59.4 Å². The van der Waals surface area contributed by atoms with E-state index in [2.05, 4.69) is 4.98 Å². The molecule has 0 bridgehead atoms. The molecule has 1 aromatic carbocycles. The second kappa shape index (κ2) is 7.09. The van der Waals surface area contributed by atoms with Gasteiger partial charge in [-0.2, -0.15) is 0 Å². The minimum Gasteiger partial charge on any atom is -0.481 e. The monoisotopic (exact) mass is 305 g/mol. The largest absolute Gasteiger partial charge is 0.481 e. The number of nitrogens with zero attached hydrogens (tertiary/aromatic N) is 1. The third-order valence-corrected chi connectivity index (χ3v) is 3.40. The first-order chi connectivity index (χ1) is 10.1. The summed E-state index contributed by atoms with van der Waals surface area (Å²) in [6.45, 7) is 0. The highest BCUT2D eigenvalue weighted by atomic mass is 35.5. The van der Waals surface area contributed by atoms with Gasteiger partial charge in [0.05, 0.1) is 13.0 Å². The van der Waals surface area contributed by atoms with Crippen molar-refractivity contribution in [1.29, 1.82) is 0 Å². The molecule has 0 spiro atoms. The molecule has 110 valence electrons. The molecule has 1 atom stereocenters. The smallest absolute Gasteiger partial charge is 0.307 e. The van der Waals surface area contributed by atoms with Gasteiger partial charge in [0, 0.05) is 23.2 Å². The van der Waals surface area contributed by atoms with Crippen molar-refractivity contribution in [2.24, 2.45) is 5.92 Å². The summed E-state index contributed by atoms with van der Waals surface area (Å²) in [6.07, 6.45) is 0.758. The number of carboxylic acids is 1. The molecule has 0 saturated carbocycles. The maximum atomic E-state index is 11.5. The van der Waals surface area contributed by atoms with Crippen molar-refractivity contribution in [2.45, 2.75) is 12.8 Å². The van der Waals surface area contributed by atoms with Crippen LogP contribution in [-0.2, 0) is 17.6 Å². The van der Waals surface area contributed by atoms with Gasteiger partial charge in [0.1, 0.15) is 0 Å². The Bertz CT molecular complexity index is 630. The number of halogens is 1. The van der Waals surface area contributed by atoms with E-state index < -0.39 is 11.9 Å². The zero-order valence-corrected chi connectivity index (χ0v) is 12.4. The number of pyridine rings is 1. The van der Waals surface area contributed by atoms with Crippen LogP contribution in [0.3, 0.4) is 0 Å². The minimum atomic E-state index is -0.848. The molecule has 2 aromatic rings. The van der Waals surface area contributed by atoms with E-state index in [4.69, 9.17) is 16.3 Å².